The largest absolute Gasteiger partial charge is 0.494 e. The first kappa shape index (κ1) is 16.0. The number of thioether (sulfide) groups is 1. The average molecular weight is 344 g/mol. The first-order valence-corrected chi connectivity index (χ1v) is 9.58. The Hall–Kier alpha value is -1.49. The number of fused-ring (bicyclic) bond motifs is 3. The molecule has 0 aliphatic heterocycles. The lowest BCUT2D eigenvalue weighted by Crippen LogP contribution is -2.35. The normalized spacial score (nSPS) is 31.1. The molecule has 2 aliphatic rings. The Balaban J connectivity index is 1.64. The van der Waals surface area contributed by atoms with Gasteiger partial charge in [-0.15, -0.1) is 0 Å². The number of aromatic amines is 1. The zero-order valence-electron chi connectivity index (χ0n) is 14.7. The molecule has 1 N–H and O–H groups in total. The third kappa shape index (κ3) is 2.06. The molecule has 2 saturated carbocycles. The van der Waals surface area contributed by atoms with Crippen LogP contribution < -0.4 is 4.74 Å². The van der Waals surface area contributed by atoms with Gasteiger partial charge in [0.05, 0.1) is 22.9 Å². The van der Waals surface area contributed by atoms with E-state index in [0.717, 1.165) is 34.8 Å². The maximum Gasteiger partial charge on any atom is 0.167 e. The van der Waals surface area contributed by atoms with Gasteiger partial charge in [0, 0.05) is 12.0 Å². The maximum absolute atomic E-state index is 12.9. The van der Waals surface area contributed by atoms with Crippen LogP contribution in [-0.4, -0.2) is 27.6 Å². The van der Waals surface area contributed by atoms with Crippen molar-refractivity contribution in [1.82, 2.24) is 9.97 Å². The molecular weight excluding hydrogens is 320 g/mol. The van der Waals surface area contributed by atoms with Gasteiger partial charge in [0.15, 0.2) is 5.16 Å². The lowest BCUT2D eigenvalue weighted by Gasteiger charge is -2.37. The molecule has 0 spiro atoms. The molecule has 2 aliphatic carbocycles. The monoisotopic (exact) mass is 344 g/mol. The van der Waals surface area contributed by atoms with Crippen molar-refractivity contribution in [2.45, 2.75) is 50.9 Å². The average Bonchev–Trinajstić information content (AvgIpc) is 3.06. The van der Waals surface area contributed by atoms with Crippen molar-refractivity contribution in [3.63, 3.8) is 0 Å². The molecule has 0 radical (unpaired) electrons. The van der Waals surface area contributed by atoms with E-state index in [1.807, 2.05) is 25.1 Å². The number of imidazole rings is 1. The molecule has 0 unspecified atom stereocenters. The molecule has 4 rings (SSSR count). The first-order chi connectivity index (χ1) is 11.4. The van der Waals surface area contributed by atoms with Crippen LogP contribution in [-0.2, 0) is 4.79 Å². The number of carbonyl (C=O) groups is 1. The van der Waals surface area contributed by atoms with Crippen LogP contribution in [0.2, 0.25) is 0 Å². The van der Waals surface area contributed by atoms with Gasteiger partial charge in [-0.1, -0.05) is 32.5 Å². The van der Waals surface area contributed by atoms with Gasteiger partial charge >= 0.3 is 0 Å². The van der Waals surface area contributed by atoms with Crippen molar-refractivity contribution in [3.8, 4) is 5.75 Å². The lowest BCUT2D eigenvalue weighted by atomic mass is 9.71. The van der Waals surface area contributed by atoms with Crippen molar-refractivity contribution >= 4 is 28.6 Å². The van der Waals surface area contributed by atoms with E-state index in [1.54, 1.807) is 11.8 Å². The topological polar surface area (TPSA) is 55.0 Å². The highest BCUT2D eigenvalue weighted by atomic mass is 32.2. The molecule has 3 atom stereocenters. The molecule has 0 saturated heterocycles. The summed E-state index contributed by atoms with van der Waals surface area (Å²) in [5.74, 6) is 1.46. The summed E-state index contributed by atoms with van der Waals surface area (Å²) in [6, 6.07) is 5.88. The first-order valence-electron chi connectivity index (χ1n) is 8.70. The van der Waals surface area contributed by atoms with Crippen molar-refractivity contribution in [3.05, 3.63) is 18.2 Å². The second kappa shape index (κ2) is 5.25. The fourth-order valence-electron chi connectivity index (χ4n) is 4.57. The number of hydrogen-bond donors (Lipinski definition) is 1. The number of aromatic nitrogens is 2. The third-order valence-electron chi connectivity index (χ3n) is 6.45. The summed E-state index contributed by atoms with van der Waals surface area (Å²) in [6.07, 6.45) is 2.17. The molecule has 1 aromatic heterocycles. The minimum absolute atomic E-state index is 0.00169. The summed E-state index contributed by atoms with van der Waals surface area (Å²) in [5, 5.41) is 0.833. The van der Waals surface area contributed by atoms with Gasteiger partial charge in [-0.2, -0.15) is 0 Å². The highest BCUT2D eigenvalue weighted by molar-refractivity contribution is 8.00. The number of nitrogens with one attached hydrogen (secondary N) is 1. The quantitative estimate of drug-likeness (QED) is 0.890. The predicted octanol–water partition coefficient (Wildman–Crippen LogP) is 4.45. The number of Topliss-reactive ketones (excluding diaryl/α,β-unsaturated/α-hetero) is 1. The second-order valence-electron chi connectivity index (χ2n) is 7.78. The minimum Gasteiger partial charge on any atom is -0.494 e. The van der Waals surface area contributed by atoms with Crippen molar-refractivity contribution in [1.29, 1.82) is 0 Å². The highest BCUT2D eigenvalue weighted by Crippen LogP contribution is 2.67. The Morgan fingerprint density at radius 1 is 1.38 bits per heavy atom. The van der Waals surface area contributed by atoms with Crippen molar-refractivity contribution in [2.24, 2.45) is 16.7 Å². The Labute approximate surface area is 146 Å². The van der Waals surface area contributed by atoms with Crippen LogP contribution in [0.3, 0.4) is 0 Å². The van der Waals surface area contributed by atoms with E-state index >= 15 is 0 Å². The molecule has 1 heterocycles. The van der Waals surface area contributed by atoms with Gasteiger partial charge in [-0.05, 0) is 42.7 Å². The Kier molecular flexibility index (Phi) is 3.50. The molecule has 2 bridgehead atoms. The predicted molar refractivity (Wildman–Crippen MR) is 96.5 cm³/mol. The number of rotatable bonds is 4. The van der Waals surface area contributed by atoms with Gasteiger partial charge in [-0.25, -0.2) is 4.98 Å². The van der Waals surface area contributed by atoms with Gasteiger partial charge in [0.25, 0.3) is 0 Å². The van der Waals surface area contributed by atoms with E-state index in [2.05, 4.69) is 30.7 Å². The number of nitrogens with zero attached hydrogens (tertiary/aromatic N) is 1. The Morgan fingerprint density at radius 2 is 2.17 bits per heavy atom. The smallest absolute Gasteiger partial charge is 0.167 e. The zero-order valence-corrected chi connectivity index (χ0v) is 15.5. The molecule has 5 heteroatoms. The number of hydrogen-bond acceptors (Lipinski definition) is 4. The number of benzene rings is 1. The minimum atomic E-state index is -0.00169. The van der Waals surface area contributed by atoms with Gasteiger partial charge in [0.1, 0.15) is 11.5 Å². The van der Waals surface area contributed by atoms with E-state index in [-0.39, 0.29) is 22.0 Å². The SMILES string of the molecule is CCOc1ccc2nc(S[C@H]3C(=O)[C@@H]4CC[C@]3(C)C4(C)C)[nH]c2c1. The summed E-state index contributed by atoms with van der Waals surface area (Å²) in [5.41, 5.74) is 2.01. The summed E-state index contributed by atoms with van der Waals surface area (Å²) in [4.78, 5) is 20.9. The van der Waals surface area contributed by atoms with Gasteiger partial charge in [0.2, 0.25) is 0 Å². The maximum atomic E-state index is 12.9. The van der Waals surface area contributed by atoms with Crippen LogP contribution in [0.5, 0.6) is 5.75 Å². The lowest BCUT2D eigenvalue weighted by molar-refractivity contribution is -0.122. The molecule has 24 heavy (non-hydrogen) atoms. The molecule has 128 valence electrons. The van der Waals surface area contributed by atoms with Crippen LogP contribution in [0.15, 0.2) is 23.4 Å². The zero-order chi connectivity index (χ0) is 17.1. The van der Waals surface area contributed by atoms with Crippen molar-refractivity contribution in [2.75, 3.05) is 6.61 Å². The summed E-state index contributed by atoms with van der Waals surface area (Å²) in [6.45, 7) is 9.42. The van der Waals surface area contributed by atoms with E-state index in [1.165, 1.54) is 0 Å². The third-order valence-corrected chi connectivity index (χ3v) is 7.85. The fraction of sp³-hybridized carbons (Fsp3) is 0.579. The molecule has 2 fully saturated rings. The Morgan fingerprint density at radius 3 is 2.83 bits per heavy atom. The standard InChI is InChI=1S/C19H24N2O2S/c1-5-23-11-6-7-13-14(10-11)21-17(20-13)24-16-15(22)12-8-9-19(16,4)18(12,2)3/h6-7,10,12,16H,5,8-9H2,1-4H3,(H,20,21)/t12-,16-,19-/m0/s1. The van der Waals surface area contributed by atoms with Crippen LogP contribution >= 0.6 is 11.8 Å². The number of H-pyrrole nitrogens is 1. The number of ether oxygens (including phenoxy) is 1. The molecule has 1 aromatic carbocycles. The van der Waals surface area contributed by atoms with Gasteiger partial charge in [-0.3, -0.25) is 4.79 Å². The Bertz CT molecular complexity index is 813. The number of ketones is 1. The fourth-order valence-corrected chi connectivity index (χ4v) is 6.07. The van der Waals surface area contributed by atoms with Gasteiger partial charge < -0.3 is 9.72 Å². The molecular formula is C19H24N2O2S. The van der Waals surface area contributed by atoms with E-state index in [0.29, 0.717) is 12.4 Å². The highest BCUT2D eigenvalue weighted by Gasteiger charge is 2.66. The molecule has 2 aromatic rings. The summed E-state index contributed by atoms with van der Waals surface area (Å²) in [7, 11) is 0. The number of carbonyl (C=O) groups excluding carboxylic acids is 1. The van der Waals surface area contributed by atoms with Crippen LogP contribution in [0.1, 0.15) is 40.5 Å². The van der Waals surface area contributed by atoms with Crippen LogP contribution in [0, 0.1) is 16.7 Å². The van der Waals surface area contributed by atoms with E-state index in [4.69, 9.17) is 4.74 Å². The second-order valence-corrected chi connectivity index (χ2v) is 8.88. The summed E-state index contributed by atoms with van der Waals surface area (Å²) < 4.78 is 5.55. The van der Waals surface area contributed by atoms with Crippen LogP contribution in [0.4, 0.5) is 0 Å². The van der Waals surface area contributed by atoms with Crippen molar-refractivity contribution < 1.29 is 9.53 Å². The van der Waals surface area contributed by atoms with Crippen LogP contribution in [0.25, 0.3) is 11.0 Å². The van der Waals surface area contributed by atoms with E-state index < -0.39 is 0 Å². The molecule has 4 nitrogen and oxygen atoms in total. The van der Waals surface area contributed by atoms with E-state index in [9.17, 15) is 4.79 Å². The molecule has 0 amide bonds. The summed E-state index contributed by atoms with van der Waals surface area (Å²) >= 11 is 1.61.